The molecule has 1 N–H and O–H groups in total. The van der Waals surface area contributed by atoms with E-state index in [1.165, 1.54) is 4.57 Å². The first-order valence-corrected chi connectivity index (χ1v) is 15.1. The number of nitrogens with one attached hydrogen (secondary N) is 1. The molecule has 228 valence electrons. The molecule has 12 nitrogen and oxygen atoms in total. The monoisotopic (exact) mass is 588 g/mol. The van der Waals surface area contributed by atoms with Gasteiger partial charge in [0.15, 0.2) is 0 Å². The number of carbonyl (C=O) groups is 3. The van der Waals surface area contributed by atoms with Crippen molar-refractivity contribution >= 4 is 17.7 Å². The second-order valence-corrected chi connectivity index (χ2v) is 11.5. The molecule has 0 aliphatic carbocycles. The summed E-state index contributed by atoms with van der Waals surface area (Å²) in [4.78, 5) is 65.4. The lowest BCUT2D eigenvalue weighted by atomic mass is 9.99. The van der Waals surface area contributed by atoms with Gasteiger partial charge in [-0.15, -0.1) is 0 Å². The van der Waals surface area contributed by atoms with Crippen molar-refractivity contribution in [1.82, 2.24) is 39.4 Å². The Morgan fingerprint density at radius 1 is 0.953 bits per heavy atom. The van der Waals surface area contributed by atoms with E-state index in [2.05, 4.69) is 15.4 Å². The predicted octanol–water partition coefficient (Wildman–Crippen LogP) is 1.86. The number of carbonyl (C=O) groups excluding carboxylic acids is 3. The van der Waals surface area contributed by atoms with Gasteiger partial charge in [0.1, 0.15) is 24.2 Å². The molecule has 43 heavy (non-hydrogen) atoms. The van der Waals surface area contributed by atoms with Crippen LogP contribution < -0.4 is 11.0 Å². The van der Waals surface area contributed by atoms with Gasteiger partial charge in [0.2, 0.25) is 17.7 Å². The van der Waals surface area contributed by atoms with Gasteiger partial charge < -0.3 is 15.1 Å². The van der Waals surface area contributed by atoms with Crippen LogP contribution in [0.25, 0.3) is 0 Å². The van der Waals surface area contributed by atoms with Crippen LogP contribution in [-0.4, -0.2) is 77.5 Å². The van der Waals surface area contributed by atoms with E-state index in [0.29, 0.717) is 68.5 Å². The van der Waals surface area contributed by atoms with Crippen LogP contribution >= 0.6 is 0 Å². The summed E-state index contributed by atoms with van der Waals surface area (Å²) in [6, 6.07) is 10.6. The number of nitrogens with zero attached hydrogens (tertiary/aromatic N) is 7. The summed E-state index contributed by atoms with van der Waals surface area (Å²) >= 11 is 0. The molecule has 12 heteroatoms. The summed E-state index contributed by atoms with van der Waals surface area (Å²) in [7, 11) is 0. The molecule has 4 heterocycles. The molecule has 0 bridgehead atoms. The second kappa shape index (κ2) is 13.3. The molecular weight excluding hydrogens is 548 g/mol. The van der Waals surface area contributed by atoms with E-state index in [9.17, 15) is 19.2 Å². The van der Waals surface area contributed by atoms with Crippen molar-refractivity contribution in [2.24, 2.45) is 0 Å². The molecule has 2 aliphatic heterocycles. The van der Waals surface area contributed by atoms with Crippen molar-refractivity contribution in [1.29, 1.82) is 0 Å². The summed E-state index contributed by atoms with van der Waals surface area (Å²) in [6.45, 7) is 6.69. The van der Waals surface area contributed by atoms with Gasteiger partial charge >= 0.3 is 5.69 Å². The number of amides is 3. The first kappa shape index (κ1) is 30.1. The van der Waals surface area contributed by atoms with Crippen molar-refractivity contribution in [2.75, 3.05) is 19.6 Å². The van der Waals surface area contributed by atoms with Crippen LogP contribution in [0.15, 0.2) is 41.2 Å². The van der Waals surface area contributed by atoms with E-state index in [1.807, 2.05) is 30.3 Å². The third kappa shape index (κ3) is 7.18. The average molecular weight is 589 g/mol. The lowest BCUT2D eigenvalue weighted by Crippen LogP contribution is -2.53. The summed E-state index contributed by atoms with van der Waals surface area (Å²) in [6.07, 6.45) is 3.48. The Morgan fingerprint density at radius 2 is 1.74 bits per heavy atom. The first-order valence-electron chi connectivity index (χ1n) is 15.1. The van der Waals surface area contributed by atoms with Gasteiger partial charge in [0, 0.05) is 37.4 Å². The molecule has 5 rings (SSSR count). The molecule has 0 saturated carbocycles. The second-order valence-electron chi connectivity index (χ2n) is 11.5. The molecule has 1 fully saturated rings. The molecule has 2 aromatic heterocycles. The van der Waals surface area contributed by atoms with Crippen LogP contribution in [0.1, 0.15) is 66.7 Å². The highest BCUT2D eigenvalue weighted by molar-refractivity contribution is 5.88. The number of benzene rings is 1. The van der Waals surface area contributed by atoms with E-state index in [1.54, 1.807) is 41.3 Å². The van der Waals surface area contributed by atoms with Gasteiger partial charge in [-0.25, -0.2) is 14.5 Å². The fraction of sp³-hybridized carbons (Fsp3) is 0.516. The minimum atomic E-state index is -0.554. The van der Waals surface area contributed by atoms with E-state index >= 15 is 0 Å². The predicted molar refractivity (Wildman–Crippen MR) is 159 cm³/mol. The maximum Gasteiger partial charge on any atom is 0.348 e. The van der Waals surface area contributed by atoms with Crippen LogP contribution in [0.3, 0.4) is 0 Å². The minimum Gasteiger partial charge on any atom is -0.344 e. The molecular formula is C31H40N8O4. The van der Waals surface area contributed by atoms with Gasteiger partial charge in [-0.2, -0.15) is 10.1 Å². The Kier molecular flexibility index (Phi) is 9.32. The number of hydrogen-bond donors (Lipinski definition) is 1. The Morgan fingerprint density at radius 3 is 2.51 bits per heavy atom. The minimum absolute atomic E-state index is 0.0854. The van der Waals surface area contributed by atoms with Crippen LogP contribution in [0.2, 0.25) is 0 Å². The number of aromatic nitrogens is 5. The molecule has 2 aliphatic rings. The topological polar surface area (TPSA) is 135 Å². The van der Waals surface area contributed by atoms with Crippen molar-refractivity contribution in [3.63, 3.8) is 0 Å². The van der Waals surface area contributed by atoms with Crippen molar-refractivity contribution in [3.05, 3.63) is 75.5 Å². The van der Waals surface area contributed by atoms with Crippen LogP contribution in [0.4, 0.5) is 0 Å². The van der Waals surface area contributed by atoms with Crippen LogP contribution in [-0.2, 0) is 33.9 Å². The molecule has 3 aromatic rings. The summed E-state index contributed by atoms with van der Waals surface area (Å²) in [5.41, 5.74) is 1.83. The average Bonchev–Trinajstić information content (AvgIpc) is 3.36. The summed E-state index contributed by atoms with van der Waals surface area (Å²) in [5.74, 6) is 0.661. The van der Waals surface area contributed by atoms with Crippen LogP contribution in [0.5, 0.6) is 0 Å². The number of piperidine rings is 1. The number of fused-ring (bicyclic) bond motifs is 2. The fourth-order valence-corrected chi connectivity index (χ4v) is 6.06. The van der Waals surface area contributed by atoms with Crippen molar-refractivity contribution in [3.8, 4) is 0 Å². The number of aryl methyl sites for hydroxylation is 3. The van der Waals surface area contributed by atoms with Crippen molar-refractivity contribution in [2.45, 2.75) is 84.5 Å². The highest BCUT2D eigenvalue weighted by Gasteiger charge is 2.34. The SMILES string of the molecule is Cc1cc(C)n(CC(=O)N2CCCC(=O)N3CCCC[C@H]3C(=O)N[C@H](Cc3ccccc3)c3nc(C)nn3CC2)c(=O)n1. The Labute approximate surface area is 251 Å². The Bertz CT molecular complexity index is 1530. The Balaban J connectivity index is 1.47. The lowest BCUT2D eigenvalue weighted by Gasteiger charge is -2.36. The quantitative estimate of drug-likeness (QED) is 0.492. The molecule has 0 spiro atoms. The standard InChI is InChI=1S/C31H40N8O4/c1-21-18-22(2)38(31(43)32-21)20-28(41)36-14-9-13-27(40)37-15-8-7-12-26(37)30(42)34-25(19-24-10-5-4-6-11-24)29-33-23(3)35-39(29)17-16-36/h4-6,10-11,18,25-26H,7-9,12-17,19-20H2,1-3H3,(H,34,42)/t25-,26+/m1/s1. The highest BCUT2D eigenvalue weighted by Crippen LogP contribution is 2.23. The molecule has 1 saturated heterocycles. The zero-order chi connectivity index (χ0) is 30.5. The van der Waals surface area contributed by atoms with Crippen molar-refractivity contribution < 1.29 is 14.4 Å². The first-order chi connectivity index (χ1) is 20.7. The number of rotatable bonds is 4. The van der Waals surface area contributed by atoms with Gasteiger partial charge in [-0.05, 0) is 64.5 Å². The molecule has 3 amide bonds. The molecule has 1 aromatic carbocycles. The smallest absolute Gasteiger partial charge is 0.344 e. The van der Waals surface area contributed by atoms with Crippen LogP contribution in [0, 0.1) is 20.8 Å². The third-order valence-electron chi connectivity index (χ3n) is 8.24. The normalized spacial score (nSPS) is 20.2. The molecule has 2 atom stereocenters. The lowest BCUT2D eigenvalue weighted by molar-refractivity contribution is -0.143. The van der Waals surface area contributed by atoms with E-state index < -0.39 is 17.8 Å². The van der Waals surface area contributed by atoms with Gasteiger partial charge in [0.25, 0.3) is 0 Å². The van der Waals surface area contributed by atoms with Gasteiger partial charge in [-0.3, -0.25) is 19.0 Å². The molecule has 0 unspecified atom stereocenters. The maximum absolute atomic E-state index is 13.7. The van der Waals surface area contributed by atoms with Gasteiger partial charge in [0.05, 0.1) is 12.6 Å². The zero-order valence-electron chi connectivity index (χ0n) is 25.2. The van der Waals surface area contributed by atoms with E-state index in [-0.39, 0.29) is 30.7 Å². The fourth-order valence-electron chi connectivity index (χ4n) is 6.06. The van der Waals surface area contributed by atoms with E-state index in [0.717, 1.165) is 18.4 Å². The zero-order valence-corrected chi connectivity index (χ0v) is 25.2. The molecule has 0 radical (unpaired) electrons. The van der Waals surface area contributed by atoms with Gasteiger partial charge in [-0.1, -0.05) is 30.3 Å². The summed E-state index contributed by atoms with van der Waals surface area (Å²) in [5, 5.41) is 7.84. The summed E-state index contributed by atoms with van der Waals surface area (Å²) < 4.78 is 3.14. The van der Waals surface area contributed by atoms with E-state index in [4.69, 9.17) is 4.98 Å². The largest absolute Gasteiger partial charge is 0.348 e. The Hall–Kier alpha value is -4.35. The number of hydrogen-bond acceptors (Lipinski definition) is 7. The third-order valence-corrected chi connectivity index (χ3v) is 8.24. The highest BCUT2D eigenvalue weighted by atomic mass is 16.2. The maximum atomic E-state index is 13.7.